The van der Waals surface area contributed by atoms with Gasteiger partial charge in [0.15, 0.2) is 0 Å². The van der Waals surface area contributed by atoms with Crippen LogP contribution in [0.3, 0.4) is 0 Å². The standard InChI is InChI=1S/C24H27NO2/c1-18-10-11-19(16-22(18)27-2)23(26)25-15-14-24(12-6-3-7-13-24)17-20-8-4-5-9-21(20)25/h4-6,8-12,16H,3,7,13-15,17H2,1-2H3. The Bertz CT molecular complexity index is 886. The normalized spacial score (nSPS) is 21.6. The van der Waals surface area contributed by atoms with Gasteiger partial charge in [0.2, 0.25) is 0 Å². The molecule has 27 heavy (non-hydrogen) atoms. The highest BCUT2D eigenvalue weighted by Crippen LogP contribution is 2.43. The average molecular weight is 361 g/mol. The first-order valence-electron chi connectivity index (χ1n) is 9.84. The van der Waals surface area contributed by atoms with E-state index in [2.05, 4.69) is 30.4 Å². The van der Waals surface area contributed by atoms with Gasteiger partial charge in [-0.25, -0.2) is 0 Å². The van der Waals surface area contributed by atoms with Crippen LogP contribution in [0.25, 0.3) is 0 Å². The summed E-state index contributed by atoms with van der Waals surface area (Å²) in [5, 5.41) is 0. The van der Waals surface area contributed by atoms with Crippen molar-refractivity contribution in [3.8, 4) is 5.75 Å². The van der Waals surface area contributed by atoms with Gasteiger partial charge in [0.25, 0.3) is 5.91 Å². The lowest BCUT2D eigenvalue weighted by Gasteiger charge is -2.32. The average Bonchev–Trinajstić information content (AvgIpc) is 2.85. The molecule has 1 amide bonds. The van der Waals surface area contributed by atoms with Gasteiger partial charge in [0.1, 0.15) is 5.75 Å². The number of ether oxygens (including phenoxy) is 1. The lowest BCUT2D eigenvalue weighted by atomic mass is 9.72. The zero-order valence-corrected chi connectivity index (χ0v) is 16.2. The van der Waals surface area contributed by atoms with Crippen molar-refractivity contribution in [1.82, 2.24) is 0 Å². The molecule has 0 fully saturated rings. The second-order valence-corrected chi connectivity index (χ2v) is 7.85. The van der Waals surface area contributed by atoms with E-state index >= 15 is 0 Å². The van der Waals surface area contributed by atoms with Crippen LogP contribution in [0.1, 0.15) is 47.2 Å². The molecule has 0 bridgehead atoms. The summed E-state index contributed by atoms with van der Waals surface area (Å²) in [4.78, 5) is 15.4. The fraction of sp³-hybridized carbons (Fsp3) is 0.375. The first kappa shape index (κ1) is 17.8. The van der Waals surface area contributed by atoms with Crippen molar-refractivity contribution in [2.24, 2.45) is 5.41 Å². The molecule has 0 radical (unpaired) electrons. The summed E-state index contributed by atoms with van der Waals surface area (Å²) in [6, 6.07) is 14.1. The summed E-state index contributed by atoms with van der Waals surface area (Å²) >= 11 is 0. The van der Waals surface area contributed by atoms with Crippen LogP contribution in [0, 0.1) is 12.3 Å². The molecule has 1 unspecified atom stereocenters. The molecule has 4 rings (SSSR count). The fourth-order valence-corrected chi connectivity index (χ4v) is 4.51. The van der Waals surface area contributed by atoms with Crippen molar-refractivity contribution in [3.05, 3.63) is 71.3 Å². The highest BCUT2D eigenvalue weighted by molar-refractivity contribution is 6.07. The molecular weight excluding hydrogens is 334 g/mol. The minimum atomic E-state index is 0.0533. The maximum atomic E-state index is 13.4. The molecule has 0 saturated carbocycles. The van der Waals surface area contributed by atoms with Crippen LogP contribution in [-0.2, 0) is 6.42 Å². The summed E-state index contributed by atoms with van der Waals surface area (Å²) in [7, 11) is 1.65. The van der Waals surface area contributed by atoms with Gasteiger partial charge in [-0.2, -0.15) is 0 Å². The second kappa shape index (κ2) is 7.22. The van der Waals surface area contributed by atoms with Gasteiger partial charge in [-0.05, 0) is 73.8 Å². The maximum Gasteiger partial charge on any atom is 0.258 e. The molecular formula is C24H27NO2. The molecule has 1 aliphatic carbocycles. The van der Waals surface area contributed by atoms with Crippen LogP contribution >= 0.6 is 0 Å². The Hall–Kier alpha value is -2.55. The Balaban J connectivity index is 1.72. The highest BCUT2D eigenvalue weighted by atomic mass is 16.5. The van der Waals surface area contributed by atoms with Crippen molar-refractivity contribution in [2.75, 3.05) is 18.6 Å². The number of hydrogen-bond donors (Lipinski definition) is 0. The Morgan fingerprint density at radius 2 is 2.00 bits per heavy atom. The van der Waals surface area contributed by atoms with E-state index in [0.717, 1.165) is 36.4 Å². The topological polar surface area (TPSA) is 29.5 Å². The maximum absolute atomic E-state index is 13.4. The van der Waals surface area contributed by atoms with Gasteiger partial charge in [-0.1, -0.05) is 36.4 Å². The lowest BCUT2D eigenvalue weighted by Crippen LogP contribution is -2.33. The van der Waals surface area contributed by atoms with E-state index < -0.39 is 0 Å². The third-order valence-corrected chi connectivity index (χ3v) is 6.08. The number of allylic oxidation sites excluding steroid dienone is 2. The van der Waals surface area contributed by atoms with Gasteiger partial charge in [-0.15, -0.1) is 0 Å². The zero-order chi connectivity index (χ0) is 18.9. The number of fused-ring (bicyclic) bond motifs is 1. The Morgan fingerprint density at radius 3 is 2.78 bits per heavy atom. The molecule has 2 aromatic rings. The van der Waals surface area contributed by atoms with E-state index in [9.17, 15) is 4.79 Å². The van der Waals surface area contributed by atoms with Crippen LogP contribution in [0.15, 0.2) is 54.6 Å². The van der Waals surface area contributed by atoms with E-state index in [1.807, 2.05) is 36.1 Å². The quantitative estimate of drug-likeness (QED) is 0.677. The Morgan fingerprint density at radius 1 is 1.15 bits per heavy atom. The van der Waals surface area contributed by atoms with Crippen LogP contribution in [0.5, 0.6) is 5.75 Å². The van der Waals surface area contributed by atoms with Crippen molar-refractivity contribution in [3.63, 3.8) is 0 Å². The minimum Gasteiger partial charge on any atom is -0.496 e. The summed E-state index contributed by atoms with van der Waals surface area (Å²) in [5.41, 5.74) is 4.24. The molecule has 1 spiro atoms. The largest absolute Gasteiger partial charge is 0.496 e. The zero-order valence-electron chi connectivity index (χ0n) is 16.2. The van der Waals surface area contributed by atoms with E-state index in [1.165, 1.54) is 24.8 Å². The third kappa shape index (κ3) is 3.39. The molecule has 0 N–H and O–H groups in total. The first-order valence-corrected chi connectivity index (χ1v) is 9.84. The third-order valence-electron chi connectivity index (χ3n) is 6.08. The fourth-order valence-electron chi connectivity index (χ4n) is 4.51. The number of benzene rings is 2. The van der Waals surface area contributed by atoms with E-state index in [1.54, 1.807) is 7.11 Å². The van der Waals surface area contributed by atoms with Gasteiger partial charge in [0.05, 0.1) is 7.11 Å². The lowest BCUT2D eigenvalue weighted by molar-refractivity contribution is 0.0984. The SMILES string of the molecule is COc1cc(C(=O)N2CCC3(C=CCCC3)Cc3ccccc32)ccc1C. The molecule has 1 heterocycles. The van der Waals surface area contributed by atoms with Crippen LogP contribution in [0.2, 0.25) is 0 Å². The number of carbonyl (C=O) groups excluding carboxylic acids is 1. The number of aryl methyl sites for hydroxylation is 1. The second-order valence-electron chi connectivity index (χ2n) is 7.85. The molecule has 3 heteroatoms. The van der Waals surface area contributed by atoms with Crippen LogP contribution < -0.4 is 9.64 Å². The molecule has 3 nitrogen and oxygen atoms in total. The number of para-hydroxylation sites is 1. The van der Waals surface area contributed by atoms with Gasteiger partial charge in [-0.3, -0.25) is 4.79 Å². The first-order chi connectivity index (χ1) is 13.1. The van der Waals surface area contributed by atoms with Crippen LogP contribution in [0.4, 0.5) is 5.69 Å². The predicted molar refractivity (Wildman–Crippen MR) is 110 cm³/mol. The van der Waals surface area contributed by atoms with Crippen molar-refractivity contribution >= 4 is 11.6 Å². The van der Waals surface area contributed by atoms with Crippen molar-refractivity contribution in [1.29, 1.82) is 0 Å². The predicted octanol–water partition coefficient (Wildman–Crippen LogP) is 5.32. The molecule has 140 valence electrons. The molecule has 0 saturated heterocycles. The smallest absolute Gasteiger partial charge is 0.258 e. The van der Waals surface area contributed by atoms with Gasteiger partial charge < -0.3 is 9.64 Å². The monoisotopic (exact) mass is 361 g/mol. The number of anilines is 1. The summed E-state index contributed by atoms with van der Waals surface area (Å²) in [5.74, 6) is 0.813. The number of rotatable bonds is 2. The van der Waals surface area contributed by atoms with E-state index in [-0.39, 0.29) is 11.3 Å². The number of carbonyl (C=O) groups is 1. The molecule has 2 aliphatic rings. The van der Waals surface area contributed by atoms with Crippen LogP contribution in [-0.4, -0.2) is 19.6 Å². The van der Waals surface area contributed by atoms with Crippen molar-refractivity contribution in [2.45, 2.75) is 39.0 Å². The molecule has 2 aromatic carbocycles. The van der Waals surface area contributed by atoms with E-state index in [4.69, 9.17) is 4.74 Å². The van der Waals surface area contributed by atoms with Crippen molar-refractivity contribution < 1.29 is 9.53 Å². The highest BCUT2D eigenvalue weighted by Gasteiger charge is 2.35. The Labute approximate surface area is 161 Å². The number of nitrogens with zero attached hydrogens (tertiary/aromatic N) is 1. The molecule has 1 aliphatic heterocycles. The molecule has 1 atom stereocenters. The Kier molecular flexibility index (Phi) is 4.77. The van der Waals surface area contributed by atoms with Gasteiger partial charge >= 0.3 is 0 Å². The van der Waals surface area contributed by atoms with Gasteiger partial charge in [0, 0.05) is 17.8 Å². The summed E-state index contributed by atoms with van der Waals surface area (Å²) in [6.07, 6.45) is 10.4. The summed E-state index contributed by atoms with van der Waals surface area (Å²) in [6.45, 7) is 2.74. The minimum absolute atomic E-state index is 0.0533. The molecule has 0 aromatic heterocycles. The summed E-state index contributed by atoms with van der Waals surface area (Å²) < 4.78 is 5.43. The van der Waals surface area contributed by atoms with E-state index in [0.29, 0.717) is 5.56 Å². The number of amides is 1. The number of methoxy groups -OCH3 is 1. The number of hydrogen-bond acceptors (Lipinski definition) is 2.